The number of carbonyl (C=O) groups is 1. The fourth-order valence-electron chi connectivity index (χ4n) is 2.19. The number of nitrogens with zero attached hydrogens (tertiary/aromatic N) is 2. The minimum absolute atomic E-state index is 0.162. The largest absolute Gasteiger partial charge is 0.367 e. The molecule has 0 aliphatic heterocycles. The van der Waals surface area contributed by atoms with Crippen LogP contribution in [-0.4, -0.2) is 21.9 Å². The number of rotatable bonds is 4. The highest BCUT2D eigenvalue weighted by atomic mass is 16.1. The van der Waals surface area contributed by atoms with Gasteiger partial charge in [-0.15, -0.1) is 0 Å². The van der Waals surface area contributed by atoms with E-state index in [4.69, 9.17) is 0 Å². The molecule has 2 heterocycles. The maximum absolute atomic E-state index is 12.5. The molecule has 21 heavy (non-hydrogen) atoms. The third-order valence-electron chi connectivity index (χ3n) is 3.56. The average Bonchev–Trinajstić information content (AvgIpc) is 3.27. The second-order valence-corrected chi connectivity index (χ2v) is 5.36. The fraction of sp³-hybridized carbons (Fsp3) is 0.312. The van der Waals surface area contributed by atoms with Gasteiger partial charge in [0.1, 0.15) is 5.82 Å². The molecule has 0 radical (unpaired) electrons. The number of hydrogen-bond donors (Lipinski definition) is 2. The molecular weight excluding hydrogens is 264 g/mol. The number of pyridine rings is 2. The molecule has 0 spiro atoms. The molecule has 2 N–H and O–H groups in total. The van der Waals surface area contributed by atoms with Crippen molar-refractivity contribution in [3.63, 3.8) is 0 Å². The van der Waals surface area contributed by atoms with Crippen LogP contribution in [0.25, 0.3) is 0 Å². The molecule has 3 rings (SSSR count). The highest BCUT2D eigenvalue weighted by molar-refractivity contribution is 6.08. The van der Waals surface area contributed by atoms with Crippen LogP contribution in [0.15, 0.2) is 30.6 Å². The van der Waals surface area contributed by atoms with Crippen LogP contribution in [0.4, 0.5) is 11.5 Å². The monoisotopic (exact) mass is 282 g/mol. The Balaban J connectivity index is 1.85. The summed E-state index contributed by atoms with van der Waals surface area (Å²) in [4.78, 5) is 21.0. The van der Waals surface area contributed by atoms with Crippen molar-refractivity contribution in [1.82, 2.24) is 9.97 Å². The van der Waals surface area contributed by atoms with Crippen LogP contribution in [0.5, 0.6) is 0 Å². The Bertz CT molecular complexity index is 659. The van der Waals surface area contributed by atoms with Crippen molar-refractivity contribution in [2.45, 2.75) is 32.7 Å². The van der Waals surface area contributed by atoms with Crippen molar-refractivity contribution < 1.29 is 4.79 Å². The smallest absolute Gasteiger partial charge is 0.259 e. The molecule has 108 valence electrons. The van der Waals surface area contributed by atoms with Crippen LogP contribution < -0.4 is 10.6 Å². The van der Waals surface area contributed by atoms with Crippen molar-refractivity contribution in [2.75, 3.05) is 10.6 Å². The number of carbonyl (C=O) groups excluding carboxylic acids is 1. The molecule has 5 nitrogen and oxygen atoms in total. The molecule has 0 aromatic carbocycles. The van der Waals surface area contributed by atoms with E-state index in [0.717, 1.165) is 29.8 Å². The van der Waals surface area contributed by atoms with Crippen LogP contribution in [-0.2, 0) is 0 Å². The summed E-state index contributed by atoms with van der Waals surface area (Å²) in [5, 5.41) is 6.24. The first-order valence-electron chi connectivity index (χ1n) is 7.10. The predicted octanol–water partition coefficient (Wildman–Crippen LogP) is 2.92. The van der Waals surface area contributed by atoms with E-state index in [-0.39, 0.29) is 5.91 Å². The van der Waals surface area contributed by atoms with Gasteiger partial charge in [0, 0.05) is 18.4 Å². The summed E-state index contributed by atoms with van der Waals surface area (Å²) in [6.45, 7) is 3.84. The van der Waals surface area contributed by atoms with Gasteiger partial charge in [-0.05, 0) is 50.5 Å². The van der Waals surface area contributed by atoms with Gasteiger partial charge in [0.15, 0.2) is 0 Å². The van der Waals surface area contributed by atoms with Crippen LogP contribution in [0, 0.1) is 13.8 Å². The first-order chi connectivity index (χ1) is 10.1. The molecule has 1 aliphatic carbocycles. The van der Waals surface area contributed by atoms with Gasteiger partial charge < -0.3 is 10.6 Å². The molecule has 0 unspecified atom stereocenters. The molecule has 2 aromatic rings. The van der Waals surface area contributed by atoms with Gasteiger partial charge >= 0.3 is 0 Å². The summed E-state index contributed by atoms with van der Waals surface area (Å²) in [5.41, 5.74) is 3.14. The number of aryl methyl sites for hydroxylation is 2. The van der Waals surface area contributed by atoms with Gasteiger partial charge in [-0.1, -0.05) is 0 Å². The second kappa shape index (κ2) is 5.52. The lowest BCUT2D eigenvalue weighted by atomic mass is 10.1. The molecule has 1 amide bonds. The quantitative estimate of drug-likeness (QED) is 0.904. The fourth-order valence-corrected chi connectivity index (χ4v) is 2.19. The second-order valence-electron chi connectivity index (χ2n) is 5.36. The van der Waals surface area contributed by atoms with Crippen LogP contribution in [0.1, 0.15) is 34.5 Å². The van der Waals surface area contributed by atoms with E-state index in [2.05, 4.69) is 20.6 Å². The zero-order chi connectivity index (χ0) is 14.8. The Morgan fingerprint density at radius 3 is 2.71 bits per heavy atom. The minimum Gasteiger partial charge on any atom is -0.367 e. The van der Waals surface area contributed by atoms with Crippen molar-refractivity contribution >= 4 is 17.4 Å². The summed E-state index contributed by atoms with van der Waals surface area (Å²) >= 11 is 0. The maximum Gasteiger partial charge on any atom is 0.259 e. The molecule has 0 saturated heterocycles. The summed E-state index contributed by atoms with van der Waals surface area (Å²) < 4.78 is 0. The van der Waals surface area contributed by atoms with Gasteiger partial charge in [0.25, 0.3) is 5.91 Å². The van der Waals surface area contributed by atoms with Gasteiger partial charge in [-0.3, -0.25) is 9.78 Å². The Morgan fingerprint density at radius 2 is 2.00 bits per heavy atom. The van der Waals surface area contributed by atoms with Gasteiger partial charge in [0.05, 0.1) is 16.9 Å². The number of hydrogen-bond acceptors (Lipinski definition) is 4. The minimum atomic E-state index is -0.162. The Labute approximate surface area is 123 Å². The molecular formula is C16H18N4O. The number of aromatic nitrogens is 2. The summed E-state index contributed by atoms with van der Waals surface area (Å²) in [6, 6.07) is 5.90. The van der Waals surface area contributed by atoms with E-state index in [1.54, 1.807) is 24.5 Å². The standard InChI is InChI=1S/C16H18N4O/c1-10-7-9-17-11(2)14(10)20-16(21)13-4-3-8-18-15(13)19-12-5-6-12/h3-4,7-9,12H,5-6H2,1-2H3,(H,18,19)(H,20,21). The van der Waals surface area contributed by atoms with Crippen LogP contribution in [0.3, 0.4) is 0 Å². The zero-order valence-electron chi connectivity index (χ0n) is 12.2. The van der Waals surface area contributed by atoms with E-state index in [9.17, 15) is 4.79 Å². The van der Waals surface area contributed by atoms with E-state index >= 15 is 0 Å². The molecule has 2 aromatic heterocycles. The predicted molar refractivity (Wildman–Crippen MR) is 82.5 cm³/mol. The molecule has 0 bridgehead atoms. The molecule has 1 aliphatic rings. The highest BCUT2D eigenvalue weighted by Crippen LogP contribution is 2.26. The van der Waals surface area contributed by atoms with E-state index in [0.29, 0.717) is 17.4 Å². The van der Waals surface area contributed by atoms with Crippen molar-refractivity contribution in [1.29, 1.82) is 0 Å². The third-order valence-corrected chi connectivity index (χ3v) is 3.56. The molecule has 1 saturated carbocycles. The summed E-state index contributed by atoms with van der Waals surface area (Å²) in [5.74, 6) is 0.488. The lowest BCUT2D eigenvalue weighted by molar-refractivity contribution is 0.102. The number of nitrogens with one attached hydrogen (secondary N) is 2. The lowest BCUT2D eigenvalue weighted by Crippen LogP contribution is -2.17. The number of anilines is 2. The van der Waals surface area contributed by atoms with Crippen LogP contribution in [0.2, 0.25) is 0 Å². The highest BCUT2D eigenvalue weighted by Gasteiger charge is 2.24. The molecule has 1 fully saturated rings. The maximum atomic E-state index is 12.5. The average molecular weight is 282 g/mol. The van der Waals surface area contributed by atoms with Gasteiger partial charge in [0.2, 0.25) is 0 Å². The van der Waals surface area contributed by atoms with E-state index in [1.165, 1.54) is 0 Å². The van der Waals surface area contributed by atoms with Crippen molar-refractivity contribution in [3.05, 3.63) is 47.4 Å². The normalized spacial score (nSPS) is 13.8. The lowest BCUT2D eigenvalue weighted by Gasteiger charge is -2.13. The van der Waals surface area contributed by atoms with Crippen LogP contribution >= 0.6 is 0 Å². The summed E-state index contributed by atoms with van der Waals surface area (Å²) in [7, 11) is 0. The van der Waals surface area contributed by atoms with Gasteiger partial charge in [-0.25, -0.2) is 4.98 Å². The molecule has 0 atom stereocenters. The first kappa shape index (κ1) is 13.5. The zero-order valence-corrected chi connectivity index (χ0v) is 12.2. The van der Waals surface area contributed by atoms with Gasteiger partial charge in [-0.2, -0.15) is 0 Å². The van der Waals surface area contributed by atoms with E-state index in [1.807, 2.05) is 19.9 Å². The Morgan fingerprint density at radius 1 is 1.19 bits per heavy atom. The topological polar surface area (TPSA) is 66.9 Å². The number of amides is 1. The van der Waals surface area contributed by atoms with Crippen molar-refractivity contribution in [3.8, 4) is 0 Å². The molecule has 5 heteroatoms. The Kier molecular flexibility index (Phi) is 3.56. The van der Waals surface area contributed by atoms with Crippen molar-refractivity contribution in [2.24, 2.45) is 0 Å². The van der Waals surface area contributed by atoms with E-state index < -0.39 is 0 Å². The SMILES string of the molecule is Cc1ccnc(C)c1NC(=O)c1cccnc1NC1CC1. The first-order valence-corrected chi connectivity index (χ1v) is 7.10. The summed E-state index contributed by atoms with van der Waals surface area (Å²) in [6.07, 6.45) is 5.71. The Hall–Kier alpha value is -2.43. The third kappa shape index (κ3) is 3.02.